The van der Waals surface area contributed by atoms with Gasteiger partial charge in [0, 0.05) is 44.8 Å². The fraction of sp³-hybridized carbons (Fsp3) is 0.417. The van der Waals surface area contributed by atoms with Gasteiger partial charge in [-0.15, -0.1) is 10.2 Å². The Morgan fingerprint density at radius 2 is 1.91 bits per heavy atom. The smallest absolute Gasteiger partial charge is 0.314 e. The average Bonchev–Trinajstić information content (AvgIpc) is 3.32. The van der Waals surface area contributed by atoms with Crippen LogP contribution in [0.25, 0.3) is 11.5 Å². The predicted octanol–water partition coefficient (Wildman–Crippen LogP) is 3.00. The van der Waals surface area contributed by atoms with E-state index in [-0.39, 0.29) is 12.4 Å². The minimum absolute atomic E-state index is 0.0310. The van der Waals surface area contributed by atoms with Crippen LogP contribution in [0.1, 0.15) is 18.0 Å². The molecule has 1 amide bonds. The fourth-order valence-corrected chi connectivity index (χ4v) is 4.51. The zero-order valence-corrected chi connectivity index (χ0v) is 19.3. The Labute approximate surface area is 201 Å². The normalized spacial score (nSPS) is 16.7. The number of rotatable bonds is 10. The van der Waals surface area contributed by atoms with Crippen LogP contribution in [-0.2, 0) is 16.1 Å². The van der Waals surface area contributed by atoms with Crippen LogP contribution in [0.5, 0.6) is 0 Å². The molecule has 11 heteroatoms. The van der Waals surface area contributed by atoms with Crippen LogP contribution < -0.4 is 9.80 Å². The highest BCUT2D eigenvalue weighted by Crippen LogP contribution is 2.37. The van der Waals surface area contributed by atoms with Crippen molar-refractivity contribution in [1.29, 1.82) is 0 Å². The zero-order chi connectivity index (χ0) is 24.4. The molecule has 1 aromatic carbocycles. The number of para-hydroxylation sites is 2. The molecule has 0 bridgehead atoms. The van der Waals surface area contributed by atoms with Gasteiger partial charge in [-0.2, -0.15) is 8.78 Å². The molecule has 0 saturated carbocycles. The summed E-state index contributed by atoms with van der Waals surface area (Å²) in [7, 11) is 2.02. The summed E-state index contributed by atoms with van der Waals surface area (Å²) in [5, 5.41) is 6.96. The van der Waals surface area contributed by atoms with Gasteiger partial charge in [-0.1, -0.05) is 12.1 Å². The number of nitrogens with zero attached hydrogens (tertiary/aromatic N) is 6. The highest BCUT2D eigenvalue weighted by atomic mass is 19.3. The summed E-state index contributed by atoms with van der Waals surface area (Å²) < 4.78 is 35.7. The topological polar surface area (TPSA) is 87.8 Å². The van der Waals surface area contributed by atoms with Gasteiger partial charge < -0.3 is 23.9 Å². The van der Waals surface area contributed by atoms with Gasteiger partial charge >= 0.3 is 6.43 Å². The summed E-state index contributed by atoms with van der Waals surface area (Å²) in [5.41, 5.74) is 3.17. The van der Waals surface area contributed by atoms with Gasteiger partial charge in [0.25, 0.3) is 5.89 Å². The van der Waals surface area contributed by atoms with Crippen molar-refractivity contribution in [3.05, 3.63) is 54.2 Å². The molecule has 35 heavy (non-hydrogen) atoms. The van der Waals surface area contributed by atoms with Crippen LogP contribution >= 0.6 is 0 Å². The molecule has 0 unspecified atom stereocenters. The molecule has 184 valence electrons. The van der Waals surface area contributed by atoms with Crippen molar-refractivity contribution < 1.29 is 22.7 Å². The van der Waals surface area contributed by atoms with E-state index in [9.17, 15) is 13.6 Å². The lowest BCUT2D eigenvalue weighted by Crippen LogP contribution is -2.66. The van der Waals surface area contributed by atoms with Crippen LogP contribution in [0, 0.1) is 5.41 Å². The van der Waals surface area contributed by atoms with E-state index in [0.717, 1.165) is 57.2 Å². The molecule has 0 aliphatic carbocycles. The monoisotopic (exact) mass is 484 g/mol. The second-order valence-corrected chi connectivity index (χ2v) is 9.13. The number of amides is 1. The number of halogens is 2. The number of alkyl halides is 2. The molecule has 2 aliphatic heterocycles. The first kappa shape index (κ1) is 23.3. The second kappa shape index (κ2) is 9.67. The first-order chi connectivity index (χ1) is 17.0. The van der Waals surface area contributed by atoms with Crippen LogP contribution in [0.3, 0.4) is 0 Å². The maximum absolute atomic E-state index is 12.7. The minimum atomic E-state index is -2.83. The second-order valence-electron chi connectivity index (χ2n) is 9.13. The van der Waals surface area contributed by atoms with Crippen molar-refractivity contribution in [2.24, 2.45) is 5.41 Å². The van der Waals surface area contributed by atoms with Gasteiger partial charge in [-0.05, 0) is 24.3 Å². The molecule has 5 rings (SSSR count). The number of benzene rings is 1. The number of anilines is 2. The van der Waals surface area contributed by atoms with Crippen LogP contribution in [0.15, 0.2) is 47.0 Å². The summed E-state index contributed by atoms with van der Waals surface area (Å²) in [5.74, 6) is -0.765. The number of aromatic nitrogens is 3. The molecule has 1 spiro atoms. The molecule has 3 aromatic rings. The molecule has 0 radical (unpaired) electrons. The van der Waals surface area contributed by atoms with Gasteiger partial charge in [-0.25, -0.2) is 0 Å². The third kappa shape index (κ3) is 4.87. The number of hydrogen-bond acceptors (Lipinski definition) is 8. The largest absolute Gasteiger partial charge is 0.415 e. The molecule has 0 N–H and O–H groups in total. The third-order valence-corrected chi connectivity index (χ3v) is 6.45. The number of hydrogen-bond donors (Lipinski definition) is 0. The fourth-order valence-electron chi connectivity index (χ4n) is 4.51. The SMILES string of the molecule is CN(CCN1CC2(COC2)C1)c1ccccc1N(C=O)Cc1ccc(-c2nnc(C(F)F)o2)cn1. The number of ether oxygens (including phenoxy) is 1. The first-order valence-corrected chi connectivity index (χ1v) is 11.4. The average molecular weight is 485 g/mol. The number of likely N-dealkylation sites (N-methyl/N-ethyl adjacent to an activating group) is 1. The Bertz CT molecular complexity index is 1160. The lowest BCUT2D eigenvalue weighted by molar-refractivity contribution is -0.187. The summed E-state index contributed by atoms with van der Waals surface area (Å²) in [4.78, 5) is 22.6. The molecular weight excluding hydrogens is 458 g/mol. The zero-order valence-electron chi connectivity index (χ0n) is 19.3. The van der Waals surface area contributed by atoms with Crippen LogP contribution in [0.4, 0.5) is 20.2 Å². The molecular formula is C24H26F2N6O3. The molecule has 4 heterocycles. The minimum Gasteiger partial charge on any atom is -0.415 e. The highest BCUT2D eigenvalue weighted by Gasteiger charge is 2.48. The third-order valence-electron chi connectivity index (χ3n) is 6.45. The maximum Gasteiger partial charge on any atom is 0.314 e. The van der Waals surface area contributed by atoms with Gasteiger partial charge in [-0.3, -0.25) is 9.78 Å². The number of carbonyl (C=O) groups is 1. The Morgan fingerprint density at radius 1 is 1.14 bits per heavy atom. The van der Waals surface area contributed by atoms with E-state index in [1.54, 1.807) is 17.0 Å². The molecule has 9 nitrogen and oxygen atoms in total. The molecule has 0 atom stereocenters. The molecule has 2 aliphatic rings. The molecule has 2 fully saturated rings. The van der Waals surface area contributed by atoms with Crippen molar-refractivity contribution in [3.63, 3.8) is 0 Å². The quantitative estimate of drug-likeness (QED) is 0.406. The summed E-state index contributed by atoms with van der Waals surface area (Å²) in [6, 6.07) is 11.1. The van der Waals surface area contributed by atoms with Crippen molar-refractivity contribution >= 4 is 17.8 Å². The van der Waals surface area contributed by atoms with E-state index in [2.05, 4.69) is 25.0 Å². The standard InChI is InChI=1S/C24H26F2N6O3/c1-30(8-9-31-12-24(13-31)14-34-15-24)19-4-2-3-5-20(19)32(16-33)11-18-7-6-17(10-27-18)22-28-29-23(35-22)21(25)26/h2-7,10,16,21H,8-9,11-15H2,1H3. The first-order valence-electron chi connectivity index (χ1n) is 11.4. The van der Waals surface area contributed by atoms with Gasteiger partial charge in [0.2, 0.25) is 12.3 Å². The van der Waals surface area contributed by atoms with Crippen molar-refractivity contribution in [2.75, 3.05) is 56.2 Å². The van der Waals surface area contributed by atoms with Crippen LogP contribution in [-0.4, -0.2) is 72.9 Å². The van der Waals surface area contributed by atoms with Crippen molar-refractivity contribution in [1.82, 2.24) is 20.1 Å². The highest BCUT2D eigenvalue weighted by molar-refractivity contribution is 5.83. The van der Waals surface area contributed by atoms with Gasteiger partial charge in [0.05, 0.1) is 42.4 Å². The number of likely N-dealkylation sites (tertiary alicyclic amines) is 1. The number of pyridine rings is 1. The Kier molecular flexibility index (Phi) is 6.44. The van der Waals surface area contributed by atoms with E-state index in [1.165, 1.54) is 6.20 Å². The van der Waals surface area contributed by atoms with Crippen molar-refractivity contribution in [2.45, 2.75) is 13.0 Å². The summed E-state index contributed by atoms with van der Waals surface area (Å²) >= 11 is 0. The van der Waals surface area contributed by atoms with Crippen molar-refractivity contribution in [3.8, 4) is 11.5 Å². The summed E-state index contributed by atoms with van der Waals surface area (Å²) in [6.45, 7) is 5.93. The van der Waals surface area contributed by atoms with E-state index in [4.69, 9.17) is 9.15 Å². The Morgan fingerprint density at radius 3 is 2.51 bits per heavy atom. The van der Waals surface area contributed by atoms with E-state index in [0.29, 0.717) is 16.7 Å². The molecule has 2 aromatic heterocycles. The van der Waals surface area contributed by atoms with Gasteiger partial charge in [0.15, 0.2) is 0 Å². The lowest BCUT2D eigenvalue weighted by Gasteiger charge is -2.55. The van der Waals surface area contributed by atoms with E-state index >= 15 is 0 Å². The number of carbonyl (C=O) groups excluding carboxylic acids is 1. The van der Waals surface area contributed by atoms with E-state index in [1.807, 2.05) is 31.3 Å². The summed E-state index contributed by atoms with van der Waals surface area (Å²) in [6.07, 6.45) is -0.584. The lowest BCUT2D eigenvalue weighted by atomic mass is 9.78. The van der Waals surface area contributed by atoms with Crippen LogP contribution in [0.2, 0.25) is 0 Å². The van der Waals surface area contributed by atoms with Gasteiger partial charge in [0.1, 0.15) is 0 Å². The maximum atomic E-state index is 12.7. The Hall–Kier alpha value is -3.44. The Balaban J connectivity index is 1.23. The molecule has 2 saturated heterocycles. The van der Waals surface area contributed by atoms with E-state index < -0.39 is 12.3 Å². The predicted molar refractivity (Wildman–Crippen MR) is 124 cm³/mol.